The van der Waals surface area contributed by atoms with Crippen molar-refractivity contribution in [1.82, 2.24) is 0 Å². The summed E-state index contributed by atoms with van der Waals surface area (Å²) in [6.07, 6.45) is 0.625. The average molecular weight is 196 g/mol. The van der Waals surface area contributed by atoms with E-state index in [-0.39, 0.29) is 7.92 Å². The average Bonchev–Trinajstić information content (AvgIpc) is 2.03. The maximum absolute atomic E-state index is 11.6. The SMILES string of the molecule is Cc1ccccc1N([O-])CP(C)C. The molecule has 0 aromatic heterocycles. The van der Waals surface area contributed by atoms with Gasteiger partial charge in [0.1, 0.15) is 0 Å². The molecule has 1 aromatic rings. The summed E-state index contributed by atoms with van der Waals surface area (Å²) in [6, 6.07) is 7.70. The summed E-state index contributed by atoms with van der Waals surface area (Å²) in [6.45, 7) is 6.19. The van der Waals surface area contributed by atoms with Crippen molar-refractivity contribution < 1.29 is 0 Å². The van der Waals surface area contributed by atoms with Gasteiger partial charge in [0.25, 0.3) is 0 Å². The number of hydrogen-bond donors (Lipinski definition) is 0. The minimum absolute atomic E-state index is 0.162. The minimum Gasteiger partial charge on any atom is -0.758 e. The topological polar surface area (TPSA) is 26.3 Å². The highest BCUT2D eigenvalue weighted by atomic mass is 31.1. The molecule has 0 atom stereocenters. The van der Waals surface area contributed by atoms with Crippen molar-refractivity contribution in [2.45, 2.75) is 6.92 Å². The Morgan fingerprint density at radius 3 is 2.46 bits per heavy atom. The van der Waals surface area contributed by atoms with Gasteiger partial charge in [-0.3, -0.25) is 0 Å². The van der Waals surface area contributed by atoms with Crippen LogP contribution >= 0.6 is 7.92 Å². The van der Waals surface area contributed by atoms with Gasteiger partial charge in [-0.15, -0.1) is 0 Å². The van der Waals surface area contributed by atoms with Gasteiger partial charge in [-0.05, 0) is 31.9 Å². The van der Waals surface area contributed by atoms with Crippen molar-refractivity contribution in [2.75, 3.05) is 24.7 Å². The van der Waals surface area contributed by atoms with Crippen LogP contribution in [0.25, 0.3) is 0 Å². The molecule has 0 bridgehead atoms. The van der Waals surface area contributed by atoms with Crippen molar-refractivity contribution in [2.24, 2.45) is 0 Å². The van der Waals surface area contributed by atoms with E-state index in [2.05, 4.69) is 13.3 Å². The second kappa shape index (κ2) is 4.59. The Hall–Kier alpha value is -0.590. The Labute approximate surface area is 80.9 Å². The van der Waals surface area contributed by atoms with Crippen LogP contribution in [0.4, 0.5) is 5.69 Å². The van der Waals surface area contributed by atoms with E-state index in [1.54, 1.807) is 0 Å². The lowest BCUT2D eigenvalue weighted by atomic mass is 10.2. The van der Waals surface area contributed by atoms with Crippen LogP contribution in [-0.4, -0.2) is 19.6 Å². The molecule has 0 aliphatic rings. The first-order valence-corrected chi connectivity index (χ1v) is 6.68. The third kappa shape index (κ3) is 2.98. The van der Waals surface area contributed by atoms with Crippen LogP contribution in [0.3, 0.4) is 0 Å². The monoisotopic (exact) mass is 196 g/mol. The molecule has 0 aliphatic carbocycles. The van der Waals surface area contributed by atoms with Crippen LogP contribution in [0.2, 0.25) is 0 Å². The van der Waals surface area contributed by atoms with Gasteiger partial charge in [0.2, 0.25) is 0 Å². The maximum atomic E-state index is 11.6. The quantitative estimate of drug-likeness (QED) is 0.548. The van der Waals surface area contributed by atoms with Crippen molar-refractivity contribution in [1.29, 1.82) is 0 Å². The molecule has 0 N–H and O–H groups in total. The predicted molar refractivity (Wildman–Crippen MR) is 60.7 cm³/mol. The number of anilines is 1. The largest absolute Gasteiger partial charge is 0.758 e. The van der Waals surface area contributed by atoms with Crippen LogP contribution in [0.1, 0.15) is 5.56 Å². The summed E-state index contributed by atoms with van der Waals surface area (Å²) in [5.41, 5.74) is 1.85. The second-order valence-electron chi connectivity index (χ2n) is 3.39. The highest BCUT2D eigenvalue weighted by Crippen LogP contribution is 2.29. The lowest BCUT2D eigenvalue weighted by Gasteiger charge is -2.33. The zero-order valence-corrected chi connectivity index (χ0v) is 9.21. The minimum atomic E-state index is -0.162. The zero-order valence-electron chi connectivity index (χ0n) is 8.32. The van der Waals surface area contributed by atoms with Gasteiger partial charge in [0.15, 0.2) is 0 Å². The van der Waals surface area contributed by atoms with Gasteiger partial charge in [-0.25, -0.2) is 0 Å². The molecule has 0 aliphatic heterocycles. The number of hydroxylamine groups is 1. The first-order chi connectivity index (χ1) is 6.11. The summed E-state index contributed by atoms with van der Waals surface area (Å²) in [5, 5.41) is 12.7. The Morgan fingerprint density at radius 2 is 1.92 bits per heavy atom. The summed E-state index contributed by atoms with van der Waals surface area (Å²) in [4.78, 5) is 0. The fourth-order valence-corrected chi connectivity index (χ4v) is 1.84. The third-order valence-electron chi connectivity index (χ3n) is 1.80. The van der Waals surface area contributed by atoms with E-state index in [0.717, 1.165) is 16.3 Å². The number of nitrogens with zero attached hydrogens (tertiary/aromatic N) is 1. The molecule has 0 unspecified atom stereocenters. The summed E-state index contributed by atoms with van der Waals surface area (Å²) >= 11 is 0. The normalized spacial score (nSPS) is 10.5. The van der Waals surface area contributed by atoms with Gasteiger partial charge in [-0.2, -0.15) is 0 Å². The standard InChI is InChI=1S/C10H15NOP/c1-9-6-4-5-7-10(9)11(12)8-13(2)3/h4-7H,8H2,1-3H3/q-1. The number of rotatable bonds is 3. The van der Waals surface area contributed by atoms with Gasteiger partial charge in [-0.1, -0.05) is 26.1 Å². The van der Waals surface area contributed by atoms with Crippen LogP contribution < -0.4 is 5.06 Å². The molecule has 3 heteroatoms. The fraction of sp³-hybridized carbons (Fsp3) is 0.400. The van der Waals surface area contributed by atoms with E-state index >= 15 is 0 Å². The highest BCUT2D eigenvalue weighted by Gasteiger charge is 2.00. The van der Waals surface area contributed by atoms with Crippen molar-refractivity contribution in [3.8, 4) is 0 Å². The molecule has 0 heterocycles. The summed E-state index contributed by atoms with van der Waals surface area (Å²) < 4.78 is 0. The number of aryl methyl sites for hydroxylation is 1. The van der Waals surface area contributed by atoms with Gasteiger partial charge < -0.3 is 10.3 Å². The van der Waals surface area contributed by atoms with E-state index in [1.807, 2.05) is 31.2 Å². The first-order valence-electron chi connectivity index (χ1n) is 4.26. The molecule has 1 aromatic carbocycles. The Morgan fingerprint density at radius 1 is 1.31 bits per heavy atom. The van der Waals surface area contributed by atoms with Crippen molar-refractivity contribution in [3.63, 3.8) is 0 Å². The molecular weight excluding hydrogens is 181 g/mol. The number of benzene rings is 1. The molecule has 0 saturated carbocycles. The predicted octanol–water partition coefficient (Wildman–Crippen LogP) is 3.00. The van der Waals surface area contributed by atoms with Crippen LogP contribution in [0, 0.1) is 12.1 Å². The molecule has 0 saturated heterocycles. The maximum Gasteiger partial charge on any atom is 0.0291 e. The second-order valence-corrected chi connectivity index (χ2v) is 5.83. The molecule has 0 radical (unpaired) electrons. The van der Waals surface area contributed by atoms with Gasteiger partial charge >= 0.3 is 0 Å². The molecule has 0 spiro atoms. The molecule has 72 valence electrons. The molecule has 0 fully saturated rings. The molecule has 0 amide bonds. The van der Waals surface area contributed by atoms with E-state index < -0.39 is 0 Å². The van der Waals surface area contributed by atoms with Crippen LogP contribution in [0.15, 0.2) is 24.3 Å². The lowest BCUT2D eigenvalue weighted by molar-refractivity contribution is 1.15. The third-order valence-corrected chi connectivity index (χ3v) is 2.62. The van der Waals surface area contributed by atoms with E-state index in [4.69, 9.17) is 0 Å². The number of para-hydroxylation sites is 1. The highest BCUT2D eigenvalue weighted by molar-refractivity contribution is 7.56. The summed E-state index contributed by atoms with van der Waals surface area (Å²) in [5.74, 6) is 0. The van der Waals surface area contributed by atoms with Crippen LogP contribution in [0.5, 0.6) is 0 Å². The Bertz CT molecular complexity index is 275. The zero-order chi connectivity index (χ0) is 9.84. The first kappa shape index (κ1) is 10.5. The van der Waals surface area contributed by atoms with E-state index in [9.17, 15) is 5.21 Å². The van der Waals surface area contributed by atoms with E-state index in [1.165, 1.54) is 0 Å². The van der Waals surface area contributed by atoms with E-state index in [0.29, 0.717) is 6.29 Å². The van der Waals surface area contributed by atoms with Crippen molar-refractivity contribution >= 4 is 13.6 Å². The Kier molecular flexibility index (Phi) is 3.71. The number of hydrogen-bond acceptors (Lipinski definition) is 2. The Balaban J connectivity index is 2.76. The lowest BCUT2D eigenvalue weighted by Crippen LogP contribution is -2.15. The molecule has 2 nitrogen and oxygen atoms in total. The fourth-order valence-electron chi connectivity index (χ4n) is 1.18. The summed E-state index contributed by atoms with van der Waals surface area (Å²) in [7, 11) is -0.162. The van der Waals surface area contributed by atoms with Gasteiger partial charge in [0.05, 0.1) is 0 Å². The van der Waals surface area contributed by atoms with Crippen molar-refractivity contribution in [3.05, 3.63) is 35.0 Å². The molecule has 13 heavy (non-hydrogen) atoms. The molecule has 1 rings (SSSR count). The smallest absolute Gasteiger partial charge is 0.0291 e. The molecular formula is C10H15NOP-. The van der Waals surface area contributed by atoms with Gasteiger partial charge in [0, 0.05) is 12.0 Å². The van der Waals surface area contributed by atoms with Crippen LogP contribution in [-0.2, 0) is 0 Å².